The summed E-state index contributed by atoms with van der Waals surface area (Å²) in [6.07, 6.45) is 1.61. The van der Waals surface area contributed by atoms with E-state index >= 15 is 0 Å². The van der Waals surface area contributed by atoms with Crippen molar-refractivity contribution in [1.82, 2.24) is 5.43 Å². The SMILES string of the molecule is CCN(CC)c1ccc(/C=C2\C(=O)NN(c3ccc(Cl)cc3)C2=O)cc1. The van der Waals surface area contributed by atoms with Gasteiger partial charge in [0.2, 0.25) is 0 Å². The first kappa shape index (κ1) is 18.0. The predicted molar refractivity (Wildman–Crippen MR) is 105 cm³/mol. The number of carbonyl (C=O) groups is 2. The number of nitrogens with one attached hydrogen (secondary N) is 1. The lowest BCUT2D eigenvalue weighted by Crippen LogP contribution is -2.35. The molecule has 1 aliphatic heterocycles. The summed E-state index contributed by atoms with van der Waals surface area (Å²) in [7, 11) is 0. The van der Waals surface area contributed by atoms with Crippen molar-refractivity contribution in [2.24, 2.45) is 0 Å². The number of hydrogen-bond acceptors (Lipinski definition) is 3. The number of benzene rings is 2. The maximum Gasteiger partial charge on any atom is 0.282 e. The van der Waals surface area contributed by atoms with Gasteiger partial charge in [-0.2, -0.15) is 0 Å². The molecule has 0 saturated carbocycles. The number of hydrogen-bond donors (Lipinski definition) is 1. The minimum Gasteiger partial charge on any atom is -0.372 e. The van der Waals surface area contributed by atoms with Crippen LogP contribution >= 0.6 is 11.6 Å². The molecule has 0 aromatic heterocycles. The van der Waals surface area contributed by atoms with Crippen LogP contribution in [0.1, 0.15) is 19.4 Å². The Bertz CT molecular complexity index is 840. The highest BCUT2D eigenvalue weighted by Crippen LogP contribution is 2.24. The molecule has 6 heteroatoms. The minimum absolute atomic E-state index is 0.107. The van der Waals surface area contributed by atoms with Crippen LogP contribution in [0.25, 0.3) is 6.08 Å². The van der Waals surface area contributed by atoms with Crippen molar-refractivity contribution in [1.29, 1.82) is 0 Å². The Balaban J connectivity index is 1.83. The van der Waals surface area contributed by atoms with Crippen molar-refractivity contribution in [2.75, 3.05) is 23.0 Å². The highest BCUT2D eigenvalue weighted by atomic mass is 35.5. The second-order valence-corrected chi connectivity index (χ2v) is 6.32. The molecule has 0 atom stereocenters. The maximum atomic E-state index is 12.6. The van der Waals surface area contributed by atoms with Crippen LogP contribution in [0.3, 0.4) is 0 Å². The summed E-state index contributed by atoms with van der Waals surface area (Å²) in [5, 5.41) is 1.80. The van der Waals surface area contributed by atoms with Crippen molar-refractivity contribution >= 4 is 40.9 Å². The van der Waals surface area contributed by atoms with Gasteiger partial charge in [0.25, 0.3) is 11.8 Å². The fourth-order valence-corrected chi connectivity index (χ4v) is 2.99. The Morgan fingerprint density at radius 3 is 2.19 bits per heavy atom. The molecule has 0 spiro atoms. The number of halogens is 1. The van der Waals surface area contributed by atoms with Crippen LogP contribution in [0.5, 0.6) is 0 Å². The van der Waals surface area contributed by atoms with Crippen LogP contribution in [0.2, 0.25) is 5.02 Å². The Labute approximate surface area is 157 Å². The van der Waals surface area contributed by atoms with Gasteiger partial charge >= 0.3 is 0 Å². The normalized spacial score (nSPS) is 15.5. The molecule has 134 valence electrons. The number of rotatable bonds is 5. The van der Waals surface area contributed by atoms with Crippen molar-refractivity contribution in [3.63, 3.8) is 0 Å². The van der Waals surface area contributed by atoms with Gasteiger partial charge < -0.3 is 4.90 Å². The van der Waals surface area contributed by atoms with E-state index in [1.165, 1.54) is 5.01 Å². The summed E-state index contributed by atoms with van der Waals surface area (Å²) < 4.78 is 0. The maximum absolute atomic E-state index is 12.6. The summed E-state index contributed by atoms with van der Waals surface area (Å²) in [6, 6.07) is 14.5. The van der Waals surface area contributed by atoms with Gasteiger partial charge in [-0.05, 0) is 61.9 Å². The number of amides is 2. The lowest BCUT2D eigenvalue weighted by molar-refractivity contribution is -0.117. The predicted octanol–water partition coefficient (Wildman–Crippen LogP) is 3.65. The Hall–Kier alpha value is -2.79. The van der Waals surface area contributed by atoms with E-state index in [1.54, 1.807) is 30.3 Å². The first-order chi connectivity index (χ1) is 12.5. The Morgan fingerprint density at radius 2 is 1.62 bits per heavy atom. The van der Waals surface area contributed by atoms with E-state index in [0.717, 1.165) is 24.3 Å². The van der Waals surface area contributed by atoms with Gasteiger partial charge in [0.15, 0.2) is 0 Å². The van der Waals surface area contributed by atoms with Crippen LogP contribution in [0, 0.1) is 0 Å². The molecule has 26 heavy (non-hydrogen) atoms. The molecule has 3 rings (SSSR count). The molecule has 1 saturated heterocycles. The molecule has 0 radical (unpaired) electrons. The average Bonchev–Trinajstić information content (AvgIpc) is 2.93. The van der Waals surface area contributed by atoms with Crippen molar-refractivity contribution in [3.05, 3.63) is 64.7 Å². The third-order valence-corrected chi connectivity index (χ3v) is 4.56. The Kier molecular flexibility index (Phi) is 5.28. The van der Waals surface area contributed by atoms with Gasteiger partial charge in [-0.1, -0.05) is 23.7 Å². The Morgan fingerprint density at radius 1 is 1.00 bits per heavy atom. The van der Waals surface area contributed by atoms with Gasteiger partial charge in [0, 0.05) is 23.8 Å². The average molecular weight is 370 g/mol. The van der Waals surface area contributed by atoms with E-state index in [9.17, 15) is 9.59 Å². The molecule has 0 aliphatic carbocycles. The van der Waals surface area contributed by atoms with E-state index in [-0.39, 0.29) is 11.5 Å². The van der Waals surface area contributed by atoms with Crippen LogP contribution in [-0.4, -0.2) is 24.9 Å². The summed E-state index contributed by atoms with van der Waals surface area (Å²) in [4.78, 5) is 27.1. The highest BCUT2D eigenvalue weighted by molar-refractivity contribution is 6.32. The fourth-order valence-electron chi connectivity index (χ4n) is 2.87. The van der Waals surface area contributed by atoms with E-state index < -0.39 is 5.91 Å². The molecule has 1 aliphatic rings. The highest BCUT2D eigenvalue weighted by Gasteiger charge is 2.34. The second kappa shape index (κ2) is 7.62. The zero-order valence-electron chi connectivity index (χ0n) is 14.7. The summed E-state index contributed by atoms with van der Waals surface area (Å²) >= 11 is 5.87. The monoisotopic (exact) mass is 369 g/mol. The first-order valence-corrected chi connectivity index (χ1v) is 8.89. The lowest BCUT2D eigenvalue weighted by Gasteiger charge is -2.20. The van der Waals surface area contributed by atoms with Crippen LogP contribution in [-0.2, 0) is 9.59 Å². The second-order valence-electron chi connectivity index (χ2n) is 5.88. The minimum atomic E-state index is -0.419. The van der Waals surface area contributed by atoms with Crippen LogP contribution < -0.4 is 15.3 Å². The molecule has 0 bridgehead atoms. The zero-order chi connectivity index (χ0) is 18.7. The van der Waals surface area contributed by atoms with Crippen molar-refractivity contribution in [2.45, 2.75) is 13.8 Å². The number of anilines is 2. The molecule has 1 heterocycles. The number of hydrazine groups is 1. The van der Waals surface area contributed by atoms with E-state index in [2.05, 4.69) is 24.2 Å². The third-order valence-electron chi connectivity index (χ3n) is 4.31. The van der Waals surface area contributed by atoms with Gasteiger partial charge in [-0.25, -0.2) is 5.01 Å². The van der Waals surface area contributed by atoms with Crippen LogP contribution in [0.15, 0.2) is 54.1 Å². The quantitative estimate of drug-likeness (QED) is 0.646. The molecular formula is C20H20ClN3O2. The molecular weight excluding hydrogens is 350 g/mol. The summed E-state index contributed by atoms with van der Waals surface area (Å²) in [5.41, 5.74) is 5.17. The summed E-state index contributed by atoms with van der Waals surface area (Å²) in [6.45, 7) is 6.06. The molecule has 1 N–H and O–H groups in total. The zero-order valence-corrected chi connectivity index (χ0v) is 15.5. The smallest absolute Gasteiger partial charge is 0.282 e. The summed E-state index contributed by atoms with van der Waals surface area (Å²) in [5.74, 6) is -0.803. The van der Waals surface area contributed by atoms with E-state index in [1.807, 2.05) is 24.3 Å². The van der Waals surface area contributed by atoms with Gasteiger partial charge in [-0.3, -0.25) is 15.0 Å². The molecule has 2 aromatic carbocycles. The topological polar surface area (TPSA) is 52.7 Å². The van der Waals surface area contributed by atoms with E-state index in [4.69, 9.17) is 11.6 Å². The van der Waals surface area contributed by atoms with Crippen molar-refractivity contribution < 1.29 is 9.59 Å². The van der Waals surface area contributed by atoms with Crippen molar-refractivity contribution in [3.8, 4) is 0 Å². The molecule has 5 nitrogen and oxygen atoms in total. The van der Waals surface area contributed by atoms with Gasteiger partial charge in [-0.15, -0.1) is 0 Å². The molecule has 1 fully saturated rings. The molecule has 0 unspecified atom stereocenters. The number of carbonyl (C=O) groups excluding carboxylic acids is 2. The van der Waals surface area contributed by atoms with Gasteiger partial charge in [0.05, 0.1) is 5.69 Å². The number of nitrogens with zero attached hydrogens (tertiary/aromatic N) is 2. The molecule has 2 amide bonds. The standard InChI is InChI=1S/C20H20ClN3O2/c1-3-23(4-2)16-9-5-14(6-10-16)13-18-19(25)22-24(20(18)26)17-11-7-15(21)8-12-17/h5-13H,3-4H2,1-2H3,(H,22,25)/b18-13+. The largest absolute Gasteiger partial charge is 0.372 e. The molecule has 2 aromatic rings. The fraction of sp³-hybridized carbons (Fsp3) is 0.200. The van der Waals surface area contributed by atoms with Gasteiger partial charge in [0.1, 0.15) is 5.57 Å². The van der Waals surface area contributed by atoms with Crippen LogP contribution in [0.4, 0.5) is 11.4 Å². The lowest BCUT2D eigenvalue weighted by atomic mass is 10.1. The van der Waals surface area contributed by atoms with E-state index in [0.29, 0.717) is 10.7 Å². The third kappa shape index (κ3) is 3.58. The first-order valence-electron chi connectivity index (χ1n) is 8.51.